The number of hydrogen-bond acceptors (Lipinski definition) is 3. The Labute approximate surface area is 148 Å². The van der Waals surface area contributed by atoms with Crippen LogP contribution in [0.3, 0.4) is 0 Å². The summed E-state index contributed by atoms with van der Waals surface area (Å²) in [6, 6.07) is 15.7. The Bertz CT molecular complexity index is 742. The molecule has 130 valence electrons. The third-order valence-corrected chi connectivity index (χ3v) is 4.70. The van der Waals surface area contributed by atoms with Crippen molar-refractivity contribution in [2.75, 3.05) is 14.2 Å². The van der Waals surface area contributed by atoms with Crippen LogP contribution in [0, 0.1) is 0 Å². The lowest BCUT2D eigenvalue weighted by Gasteiger charge is -2.42. The van der Waals surface area contributed by atoms with E-state index in [1.165, 1.54) is 5.56 Å². The van der Waals surface area contributed by atoms with E-state index >= 15 is 0 Å². The van der Waals surface area contributed by atoms with Crippen LogP contribution in [0.2, 0.25) is 0 Å². The van der Waals surface area contributed by atoms with Gasteiger partial charge in [-0.1, -0.05) is 30.3 Å². The van der Waals surface area contributed by atoms with Crippen LogP contribution in [0.15, 0.2) is 54.6 Å². The monoisotopic (exact) mass is 337 g/mol. The minimum atomic E-state index is -0.227. The van der Waals surface area contributed by atoms with Gasteiger partial charge in [0.2, 0.25) is 5.91 Å². The normalized spacial score (nSPS) is 15.4. The van der Waals surface area contributed by atoms with Gasteiger partial charge in [0.25, 0.3) is 0 Å². The zero-order valence-corrected chi connectivity index (χ0v) is 14.6. The lowest BCUT2D eigenvalue weighted by atomic mass is 9.72. The van der Waals surface area contributed by atoms with Gasteiger partial charge in [0.15, 0.2) is 0 Å². The quantitative estimate of drug-likeness (QED) is 0.813. The fourth-order valence-electron chi connectivity index (χ4n) is 3.15. The fourth-order valence-corrected chi connectivity index (χ4v) is 3.15. The number of carbonyl (C=O) groups is 1. The minimum Gasteiger partial charge on any atom is -0.497 e. The number of methoxy groups -OCH3 is 2. The predicted octanol–water partition coefficient (Wildman–Crippen LogP) is 3.91. The Morgan fingerprint density at radius 1 is 1.04 bits per heavy atom. The van der Waals surface area contributed by atoms with Crippen LogP contribution in [-0.4, -0.2) is 20.1 Å². The van der Waals surface area contributed by atoms with E-state index in [9.17, 15) is 4.79 Å². The van der Waals surface area contributed by atoms with Crippen molar-refractivity contribution in [1.82, 2.24) is 5.32 Å². The van der Waals surface area contributed by atoms with Crippen LogP contribution >= 0.6 is 0 Å². The molecule has 1 saturated carbocycles. The summed E-state index contributed by atoms with van der Waals surface area (Å²) in [6.07, 6.45) is 6.42. The lowest BCUT2D eigenvalue weighted by molar-refractivity contribution is -0.119. The van der Waals surface area contributed by atoms with Crippen molar-refractivity contribution in [2.24, 2.45) is 0 Å². The molecule has 1 aliphatic carbocycles. The minimum absolute atomic E-state index is 0.0923. The van der Waals surface area contributed by atoms with Crippen molar-refractivity contribution in [3.8, 4) is 11.5 Å². The Hall–Kier alpha value is -2.75. The van der Waals surface area contributed by atoms with Crippen molar-refractivity contribution >= 4 is 12.0 Å². The molecule has 0 heterocycles. The number of benzene rings is 2. The van der Waals surface area contributed by atoms with E-state index in [4.69, 9.17) is 9.47 Å². The molecule has 1 fully saturated rings. The Kier molecular flexibility index (Phi) is 5.08. The summed E-state index contributed by atoms with van der Waals surface area (Å²) in [5.41, 5.74) is 1.80. The topological polar surface area (TPSA) is 47.6 Å². The summed E-state index contributed by atoms with van der Waals surface area (Å²) in [5.74, 6) is 1.30. The van der Waals surface area contributed by atoms with Gasteiger partial charge >= 0.3 is 0 Å². The Morgan fingerprint density at radius 2 is 1.68 bits per heavy atom. The van der Waals surface area contributed by atoms with Gasteiger partial charge in [0, 0.05) is 12.1 Å². The van der Waals surface area contributed by atoms with E-state index in [2.05, 4.69) is 17.4 Å². The van der Waals surface area contributed by atoms with Gasteiger partial charge in [-0.25, -0.2) is 0 Å². The third-order valence-electron chi connectivity index (χ3n) is 4.70. The zero-order valence-electron chi connectivity index (χ0n) is 14.6. The second-order valence-corrected chi connectivity index (χ2v) is 6.27. The number of amides is 1. The average molecular weight is 337 g/mol. The maximum absolute atomic E-state index is 12.4. The van der Waals surface area contributed by atoms with E-state index in [0.29, 0.717) is 11.5 Å². The van der Waals surface area contributed by atoms with E-state index in [0.717, 1.165) is 24.8 Å². The van der Waals surface area contributed by atoms with E-state index in [1.807, 2.05) is 30.3 Å². The largest absolute Gasteiger partial charge is 0.497 e. The van der Waals surface area contributed by atoms with Gasteiger partial charge < -0.3 is 14.8 Å². The first-order chi connectivity index (χ1) is 12.1. The molecule has 0 atom stereocenters. The van der Waals surface area contributed by atoms with Gasteiger partial charge in [0.1, 0.15) is 11.5 Å². The van der Waals surface area contributed by atoms with Gasteiger partial charge in [-0.05, 0) is 48.6 Å². The third kappa shape index (κ3) is 3.85. The molecular formula is C21H23NO3. The standard InChI is InChI=1S/C21H23NO3/c1-24-18-13-16(14-19(15-18)25-2)9-10-20(23)22-21(11-6-12-21)17-7-4-3-5-8-17/h3-5,7-10,13-15H,6,11-12H2,1-2H3,(H,22,23)/b10-9+. The van der Waals surface area contributed by atoms with Gasteiger partial charge in [0.05, 0.1) is 19.8 Å². The molecule has 2 aromatic rings. The summed E-state index contributed by atoms with van der Waals surface area (Å²) in [5, 5.41) is 3.19. The Morgan fingerprint density at radius 3 is 2.20 bits per heavy atom. The van der Waals surface area contributed by atoms with Gasteiger partial charge in [-0.3, -0.25) is 4.79 Å². The maximum Gasteiger partial charge on any atom is 0.244 e. The summed E-state index contributed by atoms with van der Waals surface area (Å²) in [7, 11) is 3.21. The van der Waals surface area contributed by atoms with Crippen molar-refractivity contribution in [3.05, 3.63) is 65.7 Å². The number of rotatable bonds is 6. The van der Waals surface area contributed by atoms with Crippen molar-refractivity contribution in [1.29, 1.82) is 0 Å². The molecule has 0 saturated heterocycles. The zero-order chi connectivity index (χ0) is 17.7. The summed E-state index contributed by atoms with van der Waals surface area (Å²) >= 11 is 0. The fraction of sp³-hybridized carbons (Fsp3) is 0.286. The predicted molar refractivity (Wildman–Crippen MR) is 98.7 cm³/mol. The lowest BCUT2D eigenvalue weighted by Crippen LogP contribution is -2.50. The van der Waals surface area contributed by atoms with Crippen LogP contribution in [-0.2, 0) is 10.3 Å². The highest BCUT2D eigenvalue weighted by Gasteiger charge is 2.39. The van der Waals surface area contributed by atoms with Gasteiger partial charge in [-0.15, -0.1) is 0 Å². The molecule has 2 aromatic carbocycles. The van der Waals surface area contributed by atoms with Crippen LogP contribution in [0.25, 0.3) is 6.08 Å². The number of nitrogens with one attached hydrogen (secondary N) is 1. The molecule has 1 N–H and O–H groups in total. The molecule has 0 aromatic heterocycles. The van der Waals surface area contributed by atoms with Crippen molar-refractivity contribution in [3.63, 3.8) is 0 Å². The summed E-state index contributed by atoms with van der Waals surface area (Å²) in [4.78, 5) is 12.4. The Balaban J connectivity index is 1.73. The van der Waals surface area contributed by atoms with Crippen LogP contribution in [0.1, 0.15) is 30.4 Å². The second-order valence-electron chi connectivity index (χ2n) is 6.27. The highest BCUT2D eigenvalue weighted by molar-refractivity contribution is 5.92. The van der Waals surface area contributed by atoms with Crippen LogP contribution < -0.4 is 14.8 Å². The molecule has 0 spiro atoms. The molecule has 0 radical (unpaired) electrons. The first kappa shape index (κ1) is 17.1. The molecule has 3 rings (SSSR count). The van der Waals surface area contributed by atoms with Crippen LogP contribution in [0.4, 0.5) is 0 Å². The smallest absolute Gasteiger partial charge is 0.244 e. The number of carbonyl (C=O) groups excluding carboxylic acids is 1. The number of hydrogen-bond donors (Lipinski definition) is 1. The van der Waals surface area contributed by atoms with E-state index < -0.39 is 0 Å². The molecular weight excluding hydrogens is 314 g/mol. The molecule has 4 nitrogen and oxygen atoms in total. The highest BCUT2D eigenvalue weighted by Crippen LogP contribution is 2.41. The SMILES string of the molecule is COc1cc(/C=C/C(=O)NC2(c3ccccc3)CCC2)cc(OC)c1. The van der Waals surface area contributed by atoms with Gasteiger partial charge in [-0.2, -0.15) is 0 Å². The van der Waals surface area contributed by atoms with E-state index in [1.54, 1.807) is 32.4 Å². The molecule has 1 amide bonds. The number of ether oxygens (including phenoxy) is 2. The van der Waals surface area contributed by atoms with Crippen LogP contribution in [0.5, 0.6) is 11.5 Å². The molecule has 0 unspecified atom stereocenters. The summed E-state index contributed by atoms with van der Waals surface area (Å²) in [6.45, 7) is 0. The average Bonchev–Trinajstić information content (AvgIpc) is 2.63. The highest BCUT2D eigenvalue weighted by atomic mass is 16.5. The van der Waals surface area contributed by atoms with Crippen molar-refractivity contribution < 1.29 is 14.3 Å². The first-order valence-corrected chi connectivity index (χ1v) is 8.44. The maximum atomic E-state index is 12.4. The molecule has 0 bridgehead atoms. The molecule has 0 aliphatic heterocycles. The second kappa shape index (κ2) is 7.43. The molecule has 25 heavy (non-hydrogen) atoms. The van der Waals surface area contributed by atoms with Crippen molar-refractivity contribution in [2.45, 2.75) is 24.8 Å². The van der Waals surface area contributed by atoms with E-state index in [-0.39, 0.29) is 11.4 Å². The molecule has 4 heteroatoms. The first-order valence-electron chi connectivity index (χ1n) is 8.44. The molecule has 1 aliphatic rings. The summed E-state index contributed by atoms with van der Waals surface area (Å²) < 4.78 is 10.5.